The molecule has 184 valence electrons. The molecule has 2 aliphatic carbocycles. The van der Waals surface area contributed by atoms with Crippen LogP contribution in [0.3, 0.4) is 0 Å². The Morgan fingerprint density at radius 1 is 0.879 bits per heavy atom. The van der Waals surface area contributed by atoms with Crippen LogP contribution < -0.4 is 5.73 Å². The summed E-state index contributed by atoms with van der Waals surface area (Å²) in [5.74, 6) is 2.09. The summed E-state index contributed by atoms with van der Waals surface area (Å²) in [6.45, 7) is 0.663. The van der Waals surface area contributed by atoms with Crippen LogP contribution in [-0.4, -0.2) is 17.6 Å². The largest absolute Gasteiger partial charge is 0.481 e. The minimum atomic E-state index is -0.651. The Morgan fingerprint density at radius 2 is 1.61 bits per heavy atom. The van der Waals surface area contributed by atoms with Crippen LogP contribution in [-0.2, 0) is 11.2 Å². The third kappa shape index (κ3) is 8.92. The number of benzene rings is 1. The fraction of sp³-hybridized carbons (Fsp3) is 0.700. The van der Waals surface area contributed by atoms with Gasteiger partial charge in [-0.05, 0) is 99.5 Å². The van der Waals surface area contributed by atoms with Crippen molar-refractivity contribution in [3.63, 3.8) is 0 Å². The third-order valence-electron chi connectivity index (χ3n) is 8.50. The number of hydrogen-bond donors (Lipinski definition) is 2. The first kappa shape index (κ1) is 26.0. The molecule has 2 aliphatic rings. The maximum absolute atomic E-state index is 11.8. The highest BCUT2D eigenvalue weighted by Crippen LogP contribution is 2.45. The fourth-order valence-corrected chi connectivity index (χ4v) is 6.79. The predicted octanol–water partition coefficient (Wildman–Crippen LogP) is 7.40. The highest BCUT2D eigenvalue weighted by atomic mass is 16.4. The van der Waals surface area contributed by atoms with E-state index in [2.05, 4.69) is 42.5 Å². The van der Waals surface area contributed by atoms with Gasteiger partial charge < -0.3 is 10.8 Å². The van der Waals surface area contributed by atoms with Crippen molar-refractivity contribution < 1.29 is 9.90 Å². The summed E-state index contributed by atoms with van der Waals surface area (Å²) in [6, 6.07) is 10.6. The molecule has 0 radical (unpaired) electrons. The topological polar surface area (TPSA) is 63.3 Å². The second kappa shape index (κ2) is 14.6. The van der Waals surface area contributed by atoms with Crippen molar-refractivity contribution in [1.29, 1.82) is 0 Å². The van der Waals surface area contributed by atoms with Crippen LogP contribution in [0, 0.1) is 29.6 Å². The number of carboxylic acids is 1. The van der Waals surface area contributed by atoms with Gasteiger partial charge >= 0.3 is 5.97 Å². The molecule has 0 amide bonds. The van der Waals surface area contributed by atoms with Crippen LogP contribution in [0.25, 0.3) is 0 Å². The van der Waals surface area contributed by atoms with E-state index >= 15 is 0 Å². The van der Waals surface area contributed by atoms with Gasteiger partial charge in [-0.15, -0.1) is 0 Å². The first-order valence-electron chi connectivity index (χ1n) is 13.8. The van der Waals surface area contributed by atoms with E-state index in [0.29, 0.717) is 30.7 Å². The Morgan fingerprint density at radius 3 is 2.33 bits per heavy atom. The van der Waals surface area contributed by atoms with Crippen LogP contribution >= 0.6 is 0 Å². The second-order valence-electron chi connectivity index (χ2n) is 10.8. The van der Waals surface area contributed by atoms with Crippen molar-refractivity contribution in [3.8, 4) is 0 Å². The molecule has 0 heterocycles. The summed E-state index contributed by atoms with van der Waals surface area (Å²) in [5.41, 5.74) is 7.36. The lowest BCUT2D eigenvalue weighted by molar-refractivity contribution is -0.140. The van der Waals surface area contributed by atoms with Crippen LogP contribution in [0.4, 0.5) is 0 Å². The summed E-state index contributed by atoms with van der Waals surface area (Å²) in [7, 11) is 0. The molecule has 2 saturated carbocycles. The van der Waals surface area contributed by atoms with E-state index < -0.39 is 5.97 Å². The van der Waals surface area contributed by atoms with E-state index in [1.165, 1.54) is 69.8 Å². The highest BCUT2D eigenvalue weighted by Gasteiger charge is 2.39. The van der Waals surface area contributed by atoms with Gasteiger partial charge in [-0.3, -0.25) is 4.79 Å². The van der Waals surface area contributed by atoms with Gasteiger partial charge in [-0.25, -0.2) is 0 Å². The average Bonchev–Trinajstić information content (AvgIpc) is 2.82. The molecule has 3 heteroatoms. The summed E-state index contributed by atoms with van der Waals surface area (Å²) in [4.78, 5) is 11.8. The lowest BCUT2D eigenvalue weighted by Gasteiger charge is -2.43. The molecule has 0 aromatic heterocycles. The molecule has 0 aliphatic heterocycles. The minimum Gasteiger partial charge on any atom is -0.481 e. The van der Waals surface area contributed by atoms with Gasteiger partial charge in [0.2, 0.25) is 0 Å². The van der Waals surface area contributed by atoms with Crippen LogP contribution in [0.5, 0.6) is 0 Å². The zero-order chi connectivity index (χ0) is 23.3. The van der Waals surface area contributed by atoms with E-state index in [1.807, 2.05) is 0 Å². The van der Waals surface area contributed by atoms with E-state index in [9.17, 15) is 9.90 Å². The molecule has 1 aromatic carbocycles. The van der Waals surface area contributed by atoms with E-state index in [0.717, 1.165) is 31.6 Å². The molecular weight excluding hydrogens is 406 g/mol. The molecule has 3 rings (SSSR count). The van der Waals surface area contributed by atoms with Gasteiger partial charge in [-0.1, -0.05) is 74.6 Å². The maximum atomic E-state index is 11.8. The van der Waals surface area contributed by atoms with Crippen molar-refractivity contribution in [2.45, 2.75) is 96.3 Å². The van der Waals surface area contributed by atoms with Crippen molar-refractivity contribution in [1.82, 2.24) is 0 Å². The maximum Gasteiger partial charge on any atom is 0.303 e. The molecule has 0 bridgehead atoms. The summed E-state index contributed by atoms with van der Waals surface area (Å²) < 4.78 is 0. The smallest absolute Gasteiger partial charge is 0.303 e. The Kier molecular flexibility index (Phi) is 11.5. The molecule has 0 unspecified atom stereocenters. The third-order valence-corrected chi connectivity index (χ3v) is 8.50. The Labute approximate surface area is 202 Å². The molecule has 3 N–H and O–H groups in total. The monoisotopic (exact) mass is 453 g/mol. The highest BCUT2D eigenvalue weighted by molar-refractivity contribution is 5.67. The van der Waals surface area contributed by atoms with Crippen molar-refractivity contribution in [3.05, 3.63) is 48.0 Å². The molecule has 0 saturated heterocycles. The molecular formula is C30H47NO2. The summed E-state index contributed by atoms with van der Waals surface area (Å²) >= 11 is 0. The number of carbonyl (C=O) groups is 1. The van der Waals surface area contributed by atoms with Gasteiger partial charge in [0.15, 0.2) is 0 Å². The normalized spacial score (nSPS) is 26.6. The minimum absolute atomic E-state index is 0.246. The zero-order valence-electron chi connectivity index (χ0n) is 20.7. The zero-order valence-corrected chi connectivity index (χ0v) is 20.7. The molecule has 0 spiro atoms. The van der Waals surface area contributed by atoms with Crippen LogP contribution in [0.1, 0.15) is 95.5 Å². The average molecular weight is 454 g/mol. The molecule has 3 nitrogen and oxygen atoms in total. The first-order chi connectivity index (χ1) is 16.2. The van der Waals surface area contributed by atoms with Gasteiger partial charge in [0, 0.05) is 6.42 Å². The number of carboxylic acid groups (broad SMARTS) is 1. The number of allylic oxidation sites excluding steroid dienone is 2. The fourth-order valence-electron chi connectivity index (χ4n) is 6.79. The Hall–Kier alpha value is -1.61. The van der Waals surface area contributed by atoms with E-state index in [-0.39, 0.29) is 5.92 Å². The molecule has 33 heavy (non-hydrogen) atoms. The predicted molar refractivity (Wildman–Crippen MR) is 138 cm³/mol. The standard InChI is InChI=1S/C30H47NO2/c31-21-20-28-26(17-11-3-1-2-6-12-24-13-7-4-8-14-24)18-19-27(29(28)23-30(32)33)22-25-15-9-5-10-16-25/h1-2,5,9-10,15-16,24,26-29H,3-4,6-8,11-14,17-23,31H2,(H,32,33)/t26-,27+,28-,29-/m0/s1. The van der Waals surface area contributed by atoms with Crippen molar-refractivity contribution in [2.24, 2.45) is 35.3 Å². The molecule has 2 fully saturated rings. The number of nitrogens with two attached hydrogens (primary N) is 1. The SMILES string of the molecule is NCC[C@H]1[C@@H](CCCC=CCCC2CCCCC2)CC[C@H](Cc2ccccc2)[C@@H]1CC(=O)O. The lowest BCUT2D eigenvalue weighted by atomic mass is 9.62. The Balaban J connectivity index is 1.48. The van der Waals surface area contributed by atoms with Crippen molar-refractivity contribution in [2.75, 3.05) is 6.54 Å². The number of rotatable bonds is 13. The van der Waals surface area contributed by atoms with Crippen LogP contribution in [0.15, 0.2) is 42.5 Å². The van der Waals surface area contributed by atoms with Gasteiger partial charge in [-0.2, -0.15) is 0 Å². The second-order valence-corrected chi connectivity index (χ2v) is 10.8. The van der Waals surface area contributed by atoms with E-state index in [4.69, 9.17) is 5.73 Å². The van der Waals surface area contributed by atoms with Crippen LogP contribution in [0.2, 0.25) is 0 Å². The van der Waals surface area contributed by atoms with Gasteiger partial charge in [0.1, 0.15) is 0 Å². The number of aliphatic carboxylic acids is 1. The number of unbranched alkanes of at least 4 members (excludes halogenated alkanes) is 1. The number of hydrogen-bond acceptors (Lipinski definition) is 2. The summed E-state index contributed by atoms with van der Waals surface area (Å²) in [5, 5.41) is 9.67. The quantitative estimate of drug-likeness (QED) is 0.242. The Bertz CT molecular complexity index is 695. The van der Waals surface area contributed by atoms with Crippen molar-refractivity contribution >= 4 is 5.97 Å². The summed E-state index contributed by atoms with van der Waals surface area (Å²) in [6.07, 6.45) is 22.9. The lowest BCUT2D eigenvalue weighted by Crippen LogP contribution is -2.38. The molecule has 1 aromatic rings. The van der Waals surface area contributed by atoms with Gasteiger partial charge in [0.25, 0.3) is 0 Å². The first-order valence-corrected chi connectivity index (χ1v) is 13.8. The van der Waals surface area contributed by atoms with E-state index in [1.54, 1.807) is 0 Å². The molecule has 4 atom stereocenters. The van der Waals surface area contributed by atoms with Gasteiger partial charge in [0.05, 0.1) is 0 Å².